The van der Waals surface area contributed by atoms with Crippen LogP contribution in [0, 0.1) is 0 Å². The number of benzene rings is 1. The second-order valence-electron chi connectivity index (χ2n) is 4.24. The summed E-state index contributed by atoms with van der Waals surface area (Å²) < 4.78 is 6.31. The van der Waals surface area contributed by atoms with Crippen LogP contribution in [0.25, 0.3) is 0 Å². The minimum Gasteiger partial charge on any atom is -0.383 e. The fourth-order valence-corrected chi connectivity index (χ4v) is 2.63. The maximum Gasteiger partial charge on any atom is 0.0589 e. The summed E-state index contributed by atoms with van der Waals surface area (Å²) in [6.45, 7) is 3.06. The van der Waals surface area contributed by atoms with E-state index in [1.807, 2.05) is 0 Å². The molecule has 88 valence electrons. The van der Waals surface area contributed by atoms with E-state index in [-0.39, 0.29) is 0 Å². The number of likely N-dealkylation sites (tertiary alicyclic amines) is 1. The first-order valence-corrected chi connectivity index (χ1v) is 6.59. The highest BCUT2D eigenvalue weighted by atomic mass is 79.9. The van der Waals surface area contributed by atoms with Gasteiger partial charge in [-0.1, -0.05) is 28.1 Å². The Morgan fingerprint density at radius 1 is 1.38 bits per heavy atom. The number of rotatable bonds is 4. The predicted octanol–water partition coefficient (Wildman–Crippen LogP) is 3.23. The number of methoxy groups -OCH3 is 1. The van der Waals surface area contributed by atoms with Gasteiger partial charge < -0.3 is 4.74 Å². The monoisotopic (exact) mass is 283 g/mol. The standard InChI is InChI=1S/C13H18BrNO/c1-16-10-9-15-8-2-3-13(15)11-4-6-12(14)7-5-11/h4-7,13H,2-3,8-10H2,1H3. The molecule has 2 nitrogen and oxygen atoms in total. The largest absolute Gasteiger partial charge is 0.383 e. The van der Waals surface area contributed by atoms with E-state index in [2.05, 4.69) is 45.1 Å². The van der Waals surface area contributed by atoms with Crippen LogP contribution in [0.1, 0.15) is 24.4 Å². The zero-order chi connectivity index (χ0) is 11.4. The highest BCUT2D eigenvalue weighted by molar-refractivity contribution is 9.10. The van der Waals surface area contributed by atoms with E-state index in [1.54, 1.807) is 7.11 Å². The van der Waals surface area contributed by atoms with Gasteiger partial charge in [0.05, 0.1) is 6.61 Å². The molecule has 1 fully saturated rings. The van der Waals surface area contributed by atoms with Crippen LogP contribution in [0.5, 0.6) is 0 Å². The fraction of sp³-hybridized carbons (Fsp3) is 0.538. The maximum atomic E-state index is 5.16. The minimum absolute atomic E-state index is 0.586. The van der Waals surface area contributed by atoms with Crippen molar-refractivity contribution < 1.29 is 4.74 Å². The van der Waals surface area contributed by atoms with E-state index < -0.39 is 0 Å². The zero-order valence-electron chi connectivity index (χ0n) is 9.66. The summed E-state index contributed by atoms with van der Waals surface area (Å²) in [5, 5.41) is 0. The third-order valence-electron chi connectivity index (χ3n) is 3.20. The molecule has 1 aliphatic heterocycles. The molecule has 1 atom stereocenters. The van der Waals surface area contributed by atoms with Crippen LogP contribution < -0.4 is 0 Å². The summed E-state index contributed by atoms with van der Waals surface area (Å²) in [6, 6.07) is 9.28. The van der Waals surface area contributed by atoms with Gasteiger partial charge in [-0.15, -0.1) is 0 Å². The molecule has 1 heterocycles. The smallest absolute Gasteiger partial charge is 0.0589 e. The molecule has 0 bridgehead atoms. The van der Waals surface area contributed by atoms with Crippen LogP contribution in [-0.2, 0) is 4.74 Å². The molecule has 16 heavy (non-hydrogen) atoms. The first-order chi connectivity index (χ1) is 7.81. The molecule has 1 aromatic carbocycles. The molecule has 2 rings (SSSR count). The Hall–Kier alpha value is -0.380. The van der Waals surface area contributed by atoms with Crippen LogP contribution in [0.15, 0.2) is 28.7 Å². The molecule has 0 aliphatic carbocycles. The Morgan fingerprint density at radius 2 is 2.12 bits per heavy atom. The Kier molecular flexibility index (Phi) is 4.38. The lowest BCUT2D eigenvalue weighted by molar-refractivity contribution is 0.141. The maximum absolute atomic E-state index is 5.16. The van der Waals surface area contributed by atoms with Gasteiger partial charge in [0, 0.05) is 24.2 Å². The van der Waals surface area contributed by atoms with Crippen LogP contribution >= 0.6 is 15.9 Å². The topological polar surface area (TPSA) is 12.5 Å². The second-order valence-corrected chi connectivity index (χ2v) is 5.15. The number of nitrogens with zero attached hydrogens (tertiary/aromatic N) is 1. The second kappa shape index (κ2) is 5.80. The van der Waals surface area contributed by atoms with Gasteiger partial charge >= 0.3 is 0 Å². The Labute approximate surface area is 106 Å². The fourth-order valence-electron chi connectivity index (χ4n) is 2.36. The lowest BCUT2D eigenvalue weighted by Crippen LogP contribution is -2.26. The SMILES string of the molecule is COCCN1CCCC1c1ccc(Br)cc1. The molecular formula is C13H18BrNO. The van der Waals surface area contributed by atoms with Crippen LogP contribution in [0.3, 0.4) is 0 Å². The Bertz CT molecular complexity index is 325. The molecule has 3 heteroatoms. The highest BCUT2D eigenvalue weighted by Crippen LogP contribution is 2.31. The van der Waals surface area contributed by atoms with E-state index >= 15 is 0 Å². The summed E-state index contributed by atoms with van der Waals surface area (Å²) in [5.74, 6) is 0. The molecule has 1 unspecified atom stereocenters. The van der Waals surface area contributed by atoms with Crippen molar-refractivity contribution in [2.24, 2.45) is 0 Å². The van der Waals surface area contributed by atoms with Gasteiger partial charge in [-0.3, -0.25) is 4.90 Å². The molecule has 0 N–H and O–H groups in total. The van der Waals surface area contributed by atoms with Crippen LogP contribution in [0.2, 0.25) is 0 Å². The molecule has 0 spiro atoms. The number of hydrogen-bond donors (Lipinski definition) is 0. The molecule has 0 saturated carbocycles. The van der Waals surface area contributed by atoms with Crippen LogP contribution in [-0.4, -0.2) is 31.7 Å². The van der Waals surface area contributed by atoms with Crippen molar-refractivity contribution >= 4 is 15.9 Å². The van der Waals surface area contributed by atoms with Crippen molar-refractivity contribution in [1.29, 1.82) is 0 Å². The van der Waals surface area contributed by atoms with Gasteiger partial charge in [0.25, 0.3) is 0 Å². The summed E-state index contributed by atoms with van der Waals surface area (Å²) in [7, 11) is 1.77. The van der Waals surface area contributed by atoms with Crippen molar-refractivity contribution in [1.82, 2.24) is 4.90 Å². The number of halogens is 1. The highest BCUT2D eigenvalue weighted by Gasteiger charge is 2.25. The van der Waals surface area contributed by atoms with Gasteiger partial charge in [-0.05, 0) is 37.1 Å². The van der Waals surface area contributed by atoms with Crippen molar-refractivity contribution in [3.05, 3.63) is 34.3 Å². The summed E-state index contributed by atoms with van der Waals surface area (Å²) in [5.41, 5.74) is 1.43. The van der Waals surface area contributed by atoms with E-state index in [4.69, 9.17) is 4.74 Å². The van der Waals surface area contributed by atoms with Gasteiger partial charge in [-0.2, -0.15) is 0 Å². The average molecular weight is 284 g/mol. The van der Waals surface area contributed by atoms with Gasteiger partial charge in [0.15, 0.2) is 0 Å². The first kappa shape index (κ1) is 12.1. The van der Waals surface area contributed by atoms with Gasteiger partial charge in [-0.25, -0.2) is 0 Å². The van der Waals surface area contributed by atoms with Gasteiger partial charge in [0.2, 0.25) is 0 Å². The van der Waals surface area contributed by atoms with E-state index in [0.717, 1.165) is 17.6 Å². The molecule has 1 aromatic rings. The summed E-state index contributed by atoms with van der Waals surface area (Å²) >= 11 is 3.48. The molecular weight excluding hydrogens is 266 g/mol. The van der Waals surface area contributed by atoms with E-state index in [0.29, 0.717) is 6.04 Å². The molecule has 0 aromatic heterocycles. The van der Waals surface area contributed by atoms with Crippen molar-refractivity contribution in [2.75, 3.05) is 26.8 Å². The molecule has 0 amide bonds. The minimum atomic E-state index is 0.586. The van der Waals surface area contributed by atoms with E-state index in [1.165, 1.54) is 24.9 Å². The summed E-state index contributed by atoms with van der Waals surface area (Å²) in [6.07, 6.45) is 2.57. The molecule has 1 aliphatic rings. The molecule has 0 radical (unpaired) electrons. The first-order valence-electron chi connectivity index (χ1n) is 5.79. The third-order valence-corrected chi connectivity index (χ3v) is 3.73. The van der Waals surface area contributed by atoms with Crippen LogP contribution in [0.4, 0.5) is 0 Å². The lowest BCUT2D eigenvalue weighted by atomic mass is 10.0. The lowest BCUT2D eigenvalue weighted by Gasteiger charge is -2.24. The van der Waals surface area contributed by atoms with Crippen molar-refractivity contribution in [2.45, 2.75) is 18.9 Å². The Balaban J connectivity index is 2.04. The normalized spacial score (nSPS) is 21.5. The predicted molar refractivity (Wildman–Crippen MR) is 69.6 cm³/mol. The number of hydrogen-bond acceptors (Lipinski definition) is 2. The van der Waals surface area contributed by atoms with Gasteiger partial charge in [0.1, 0.15) is 0 Å². The van der Waals surface area contributed by atoms with Crippen molar-refractivity contribution in [3.63, 3.8) is 0 Å². The Morgan fingerprint density at radius 3 is 2.81 bits per heavy atom. The third kappa shape index (κ3) is 2.84. The van der Waals surface area contributed by atoms with Crippen molar-refractivity contribution in [3.8, 4) is 0 Å². The van der Waals surface area contributed by atoms with E-state index in [9.17, 15) is 0 Å². The number of ether oxygens (including phenoxy) is 1. The quantitative estimate of drug-likeness (QED) is 0.841. The summed E-state index contributed by atoms with van der Waals surface area (Å²) in [4.78, 5) is 2.52. The molecule has 1 saturated heterocycles. The average Bonchev–Trinajstić information content (AvgIpc) is 2.75. The zero-order valence-corrected chi connectivity index (χ0v) is 11.2.